The second-order valence-corrected chi connectivity index (χ2v) is 5.11. The van der Waals surface area contributed by atoms with Gasteiger partial charge in [-0.15, -0.1) is 12.3 Å². The van der Waals surface area contributed by atoms with Crippen LogP contribution in [-0.2, 0) is 9.84 Å². The molecule has 1 aliphatic rings. The van der Waals surface area contributed by atoms with Crippen LogP contribution in [0.3, 0.4) is 0 Å². The maximum atomic E-state index is 11.0. The minimum atomic E-state index is -2.83. The van der Waals surface area contributed by atoms with Crippen LogP contribution >= 0.6 is 0 Å². The molecule has 56 valence electrons. The molecule has 1 rings (SSSR count). The fourth-order valence-corrected chi connectivity index (χ4v) is 2.85. The third kappa shape index (κ3) is 1.04. The Morgan fingerprint density at radius 3 is 2.40 bits per heavy atom. The van der Waals surface area contributed by atoms with Crippen LogP contribution in [0.5, 0.6) is 0 Å². The van der Waals surface area contributed by atoms with Crippen molar-refractivity contribution in [2.45, 2.75) is 18.6 Å². The Bertz CT molecular complexity index is 258. The normalized spacial score (nSPS) is 37.2. The van der Waals surface area contributed by atoms with Crippen LogP contribution in [0, 0.1) is 18.3 Å². The zero-order chi connectivity index (χ0) is 7.78. The Labute approximate surface area is 61.5 Å². The van der Waals surface area contributed by atoms with Crippen LogP contribution in [0.1, 0.15) is 13.3 Å². The molecule has 0 aromatic carbocycles. The summed E-state index contributed by atoms with van der Waals surface area (Å²) in [5.41, 5.74) is 0. The first kappa shape index (κ1) is 7.62. The molecule has 1 heterocycles. The fraction of sp³-hybridized carbons (Fsp3) is 0.714. The molecule has 0 amide bonds. The van der Waals surface area contributed by atoms with Gasteiger partial charge in [0.2, 0.25) is 0 Å². The van der Waals surface area contributed by atoms with E-state index in [0.717, 1.165) is 0 Å². The van der Waals surface area contributed by atoms with E-state index in [0.29, 0.717) is 6.42 Å². The third-order valence-electron chi connectivity index (χ3n) is 2.06. The lowest BCUT2D eigenvalue weighted by molar-refractivity contribution is 0.586. The summed E-state index contributed by atoms with van der Waals surface area (Å²) in [5, 5.41) is -0.322. The van der Waals surface area contributed by atoms with Gasteiger partial charge in [0.15, 0.2) is 9.84 Å². The van der Waals surface area contributed by atoms with Crippen LogP contribution in [0.25, 0.3) is 0 Å². The predicted molar refractivity (Wildman–Crippen MR) is 40.2 cm³/mol. The zero-order valence-corrected chi connectivity index (χ0v) is 6.69. The Morgan fingerprint density at radius 1 is 1.60 bits per heavy atom. The van der Waals surface area contributed by atoms with Crippen LogP contribution in [0.2, 0.25) is 0 Å². The van der Waals surface area contributed by atoms with Crippen LogP contribution < -0.4 is 0 Å². The molecule has 0 N–H and O–H groups in total. The minimum Gasteiger partial charge on any atom is -0.229 e. The minimum absolute atomic E-state index is 0.0509. The van der Waals surface area contributed by atoms with Crippen molar-refractivity contribution in [3.63, 3.8) is 0 Å². The molecule has 2 unspecified atom stereocenters. The highest BCUT2D eigenvalue weighted by atomic mass is 32.2. The number of hydrogen-bond acceptors (Lipinski definition) is 2. The molecular formula is C7H10O2S. The quantitative estimate of drug-likeness (QED) is 0.479. The van der Waals surface area contributed by atoms with Crippen LogP contribution in [0.4, 0.5) is 0 Å². The van der Waals surface area contributed by atoms with Crippen molar-refractivity contribution in [2.75, 3.05) is 5.75 Å². The number of terminal acetylenes is 1. The van der Waals surface area contributed by atoms with Crippen molar-refractivity contribution in [1.29, 1.82) is 0 Å². The van der Waals surface area contributed by atoms with Gasteiger partial charge in [-0.3, -0.25) is 0 Å². The van der Waals surface area contributed by atoms with E-state index >= 15 is 0 Å². The summed E-state index contributed by atoms with van der Waals surface area (Å²) in [7, 11) is -2.83. The predicted octanol–water partition coefficient (Wildman–Crippen LogP) is 0.443. The Balaban J connectivity index is 2.90. The van der Waals surface area contributed by atoms with Crippen LogP contribution in [-0.4, -0.2) is 19.4 Å². The first-order valence-electron chi connectivity index (χ1n) is 3.25. The first-order valence-corrected chi connectivity index (χ1v) is 4.97. The van der Waals surface area contributed by atoms with E-state index in [4.69, 9.17) is 6.42 Å². The summed E-state index contributed by atoms with van der Waals surface area (Å²) in [6.07, 6.45) is 5.77. The van der Waals surface area contributed by atoms with Gasteiger partial charge in [0.1, 0.15) is 0 Å². The van der Waals surface area contributed by atoms with Gasteiger partial charge >= 0.3 is 0 Å². The van der Waals surface area contributed by atoms with Gasteiger partial charge < -0.3 is 0 Å². The van der Waals surface area contributed by atoms with Crippen molar-refractivity contribution in [3.8, 4) is 12.3 Å². The molecule has 0 saturated carbocycles. The number of sulfone groups is 1. The zero-order valence-electron chi connectivity index (χ0n) is 5.87. The molecule has 2 atom stereocenters. The topological polar surface area (TPSA) is 34.1 Å². The van der Waals surface area contributed by atoms with E-state index in [2.05, 4.69) is 5.92 Å². The van der Waals surface area contributed by atoms with Gasteiger partial charge in [-0.25, -0.2) is 8.42 Å². The lowest BCUT2D eigenvalue weighted by Gasteiger charge is -2.04. The van der Waals surface area contributed by atoms with Gasteiger partial charge in [0, 0.05) is 5.92 Å². The van der Waals surface area contributed by atoms with E-state index in [1.807, 2.05) is 0 Å². The lowest BCUT2D eigenvalue weighted by atomic mass is 10.1. The Kier molecular flexibility index (Phi) is 1.74. The number of rotatable bonds is 0. The van der Waals surface area contributed by atoms with E-state index in [1.54, 1.807) is 6.92 Å². The molecule has 1 aliphatic heterocycles. The van der Waals surface area contributed by atoms with Crippen molar-refractivity contribution >= 4 is 9.84 Å². The molecule has 0 aromatic heterocycles. The molecule has 0 bridgehead atoms. The van der Waals surface area contributed by atoms with Crippen molar-refractivity contribution in [1.82, 2.24) is 0 Å². The Morgan fingerprint density at radius 2 is 2.20 bits per heavy atom. The van der Waals surface area contributed by atoms with E-state index in [1.165, 1.54) is 0 Å². The second kappa shape index (κ2) is 2.28. The summed E-state index contributed by atoms with van der Waals surface area (Å²) in [5.74, 6) is 2.71. The average Bonchev–Trinajstić information content (AvgIpc) is 2.10. The second-order valence-electron chi connectivity index (χ2n) is 2.63. The summed E-state index contributed by atoms with van der Waals surface area (Å²) in [4.78, 5) is 0. The van der Waals surface area contributed by atoms with Crippen LogP contribution in [0.15, 0.2) is 0 Å². The monoisotopic (exact) mass is 158 g/mol. The molecule has 1 fully saturated rings. The molecule has 2 nitrogen and oxygen atoms in total. The van der Waals surface area contributed by atoms with E-state index in [-0.39, 0.29) is 16.9 Å². The Hall–Kier alpha value is -0.490. The van der Waals surface area contributed by atoms with Gasteiger partial charge in [-0.2, -0.15) is 0 Å². The van der Waals surface area contributed by atoms with Crippen molar-refractivity contribution in [3.05, 3.63) is 0 Å². The largest absolute Gasteiger partial charge is 0.229 e. The van der Waals surface area contributed by atoms with E-state index < -0.39 is 9.84 Å². The lowest BCUT2D eigenvalue weighted by Crippen LogP contribution is -2.16. The summed E-state index contributed by atoms with van der Waals surface area (Å²) in [6, 6.07) is 0. The summed E-state index contributed by atoms with van der Waals surface area (Å²) >= 11 is 0. The van der Waals surface area contributed by atoms with E-state index in [9.17, 15) is 8.42 Å². The first-order chi connectivity index (χ1) is 4.58. The molecule has 0 radical (unpaired) electrons. The van der Waals surface area contributed by atoms with Gasteiger partial charge in [0.25, 0.3) is 0 Å². The molecule has 1 saturated heterocycles. The summed E-state index contributed by atoms with van der Waals surface area (Å²) in [6.45, 7) is 1.69. The van der Waals surface area contributed by atoms with Gasteiger partial charge in [-0.1, -0.05) is 0 Å². The molecule has 10 heavy (non-hydrogen) atoms. The highest BCUT2D eigenvalue weighted by Gasteiger charge is 2.35. The average molecular weight is 158 g/mol. The molecule has 0 spiro atoms. The SMILES string of the molecule is C#CC1CCS(=O)(=O)C1C. The fourth-order valence-electron chi connectivity index (χ4n) is 1.18. The van der Waals surface area contributed by atoms with Crippen molar-refractivity contribution < 1.29 is 8.42 Å². The maximum absolute atomic E-state index is 11.0. The standard InChI is InChI=1S/C7H10O2S/c1-3-7-4-5-10(8,9)6(7)2/h1,6-7H,4-5H2,2H3. The molecule has 3 heteroatoms. The highest BCUT2D eigenvalue weighted by molar-refractivity contribution is 7.92. The van der Waals surface area contributed by atoms with Crippen molar-refractivity contribution in [2.24, 2.45) is 5.92 Å². The third-order valence-corrected chi connectivity index (χ3v) is 4.33. The van der Waals surface area contributed by atoms with Gasteiger partial charge in [0.05, 0.1) is 11.0 Å². The van der Waals surface area contributed by atoms with Gasteiger partial charge in [-0.05, 0) is 13.3 Å². The smallest absolute Gasteiger partial charge is 0.154 e. The molecular weight excluding hydrogens is 148 g/mol. The molecule has 0 aliphatic carbocycles. The molecule has 0 aromatic rings. The highest BCUT2D eigenvalue weighted by Crippen LogP contribution is 2.25. The maximum Gasteiger partial charge on any atom is 0.154 e. The number of hydrogen-bond donors (Lipinski definition) is 0. The summed E-state index contributed by atoms with van der Waals surface area (Å²) < 4.78 is 22.1.